The smallest absolute Gasteiger partial charge is 0.244 e. The first kappa shape index (κ1) is 14.0. The standard InChI is InChI=1S/C13H18ClNOSi/c1-5-13(16-17(2,3)4)15-10-11-7-6-8-12(14)9-11/h5-10H,1-4H3. The van der Waals surface area contributed by atoms with E-state index in [0.717, 1.165) is 5.56 Å². The van der Waals surface area contributed by atoms with Gasteiger partial charge in [-0.1, -0.05) is 23.7 Å². The summed E-state index contributed by atoms with van der Waals surface area (Å²) < 4.78 is 5.81. The van der Waals surface area contributed by atoms with Crippen molar-refractivity contribution in [1.82, 2.24) is 0 Å². The van der Waals surface area contributed by atoms with Gasteiger partial charge >= 0.3 is 0 Å². The number of benzene rings is 1. The number of aliphatic imine (C=N–C) groups is 1. The predicted octanol–water partition coefficient (Wildman–Crippen LogP) is 4.47. The molecular formula is C13H18ClNOSi. The van der Waals surface area contributed by atoms with Crippen LogP contribution >= 0.6 is 11.6 Å². The van der Waals surface area contributed by atoms with Crippen molar-refractivity contribution in [2.75, 3.05) is 0 Å². The molecule has 17 heavy (non-hydrogen) atoms. The average Bonchev–Trinajstić information content (AvgIpc) is 2.23. The Hall–Kier alpha value is -1.06. The Morgan fingerprint density at radius 1 is 1.35 bits per heavy atom. The molecule has 0 bridgehead atoms. The van der Waals surface area contributed by atoms with E-state index in [1.165, 1.54) is 0 Å². The van der Waals surface area contributed by atoms with Gasteiger partial charge in [0.2, 0.25) is 8.32 Å². The fraction of sp³-hybridized carbons (Fsp3) is 0.308. The molecule has 2 nitrogen and oxygen atoms in total. The summed E-state index contributed by atoms with van der Waals surface area (Å²) in [4.78, 5) is 4.33. The fourth-order valence-corrected chi connectivity index (χ4v) is 2.20. The molecule has 1 rings (SSSR count). The second kappa shape index (κ2) is 6.03. The molecule has 0 N–H and O–H groups in total. The van der Waals surface area contributed by atoms with Crippen molar-refractivity contribution in [2.24, 2.45) is 4.99 Å². The highest BCUT2D eigenvalue weighted by atomic mass is 35.5. The topological polar surface area (TPSA) is 21.6 Å². The summed E-state index contributed by atoms with van der Waals surface area (Å²) in [6.07, 6.45) is 3.64. The summed E-state index contributed by atoms with van der Waals surface area (Å²) >= 11 is 5.90. The minimum Gasteiger partial charge on any atom is -0.532 e. The van der Waals surface area contributed by atoms with Crippen molar-refractivity contribution in [3.63, 3.8) is 0 Å². The molecule has 0 fully saturated rings. The second-order valence-corrected chi connectivity index (χ2v) is 9.52. The van der Waals surface area contributed by atoms with Crippen LogP contribution < -0.4 is 0 Å². The summed E-state index contributed by atoms with van der Waals surface area (Å²) in [6.45, 7) is 8.31. The molecule has 1 aromatic rings. The fourth-order valence-electron chi connectivity index (χ4n) is 1.20. The Balaban J connectivity index is 2.76. The van der Waals surface area contributed by atoms with Gasteiger partial charge in [-0.2, -0.15) is 0 Å². The van der Waals surface area contributed by atoms with Gasteiger partial charge in [0.05, 0.1) is 0 Å². The summed E-state index contributed by atoms with van der Waals surface area (Å²) in [6, 6.07) is 7.57. The lowest BCUT2D eigenvalue weighted by atomic mass is 10.2. The van der Waals surface area contributed by atoms with Gasteiger partial charge in [-0.3, -0.25) is 0 Å². The molecule has 92 valence electrons. The number of allylic oxidation sites excluding steroid dienone is 1. The third kappa shape index (κ3) is 5.70. The zero-order valence-electron chi connectivity index (χ0n) is 10.7. The Morgan fingerprint density at radius 3 is 2.59 bits per heavy atom. The van der Waals surface area contributed by atoms with Crippen LogP contribution in [-0.4, -0.2) is 14.5 Å². The number of hydrogen-bond acceptors (Lipinski definition) is 2. The molecule has 0 saturated heterocycles. The quantitative estimate of drug-likeness (QED) is 0.448. The minimum atomic E-state index is -1.60. The van der Waals surface area contributed by atoms with Crippen molar-refractivity contribution >= 4 is 26.1 Å². The highest BCUT2D eigenvalue weighted by Gasteiger charge is 2.16. The van der Waals surface area contributed by atoms with Crippen LogP contribution in [0.25, 0.3) is 0 Å². The number of halogens is 1. The van der Waals surface area contributed by atoms with E-state index in [-0.39, 0.29) is 0 Å². The van der Waals surface area contributed by atoms with Gasteiger partial charge in [0.1, 0.15) is 0 Å². The van der Waals surface area contributed by atoms with Crippen LogP contribution in [0.1, 0.15) is 12.5 Å². The van der Waals surface area contributed by atoms with Gasteiger partial charge in [-0.05, 0) is 50.3 Å². The van der Waals surface area contributed by atoms with Crippen LogP contribution in [0, 0.1) is 0 Å². The van der Waals surface area contributed by atoms with E-state index in [1.807, 2.05) is 37.3 Å². The molecule has 0 amide bonds. The van der Waals surface area contributed by atoms with Crippen molar-refractivity contribution in [3.05, 3.63) is 46.8 Å². The first-order chi connectivity index (χ1) is 7.90. The molecule has 0 atom stereocenters. The Bertz CT molecular complexity index is 435. The van der Waals surface area contributed by atoms with E-state index in [0.29, 0.717) is 10.9 Å². The largest absolute Gasteiger partial charge is 0.532 e. The lowest BCUT2D eigenvalue weighted by Crippen LogP contribution is -2.24. The predicted molar refractivity (Wildman–Crippen MR) is 77.2 cm³/mol. The van der Waals surface area contributed by atoms with Gasteiger partial charge in [-0.15, -0.1) is 0 Å². The number of nitrogens with zero attached hydrogens (tertiary/aromatic N) is 1. The van der Waals surface area contributed by atoms with E-state index in [2.05, 4.69) is 24.6 Å². The lowest BCUT2D eigenvalue weighted by molar-refractivity contribution is 0.417. The molecule has 0 heterocycles. The first-order valence-electron chi connectivity index (χ1n) is 5.56. The Kier molecular flexibility index (Phi) is 4.96. The van der Waals surface area contributed by atoms with Crippen molar-refractivity contribution in [1.29, 1.82) is 0 Å². The maximum Gasteiger partial charge on any atom is 0.244 e. The molecule has 1 aromatic carbocycles. The lowest BCUT2D eigenvalue weighted by Gasteiger charge is -2.18. The average molecular weight is 268 g/mol. The van der Waals surface area contributed by atoms with E-state index >= 15 is 0 Å². The zero-order chi connectivity index (χ0) is 12.9. The van der Waals surface area contributed by atoms with Crippen molar-refractivity contribution in [3.8, 4) is 0 Å². The van der Waals surface area contributed by atoms with Crippen LogP contribution in [0.2, 0.25) is 24.7 Å². The Morgan fingerprint density at radius 2 is 2.06 bits per heavy atom. The SMILES string of the molecule is CC=C(N=Cc1cccc(Cl)c1)O[Si](C)(C)C. The molecule has 0 saturated carbocycles. The normalized spacial score (nSPS) is 13.1. The van der Waals surface area contributed by atoms with Gasteiger partial charge in [-0.25, -0.2) is 4.99 Å². The summed E-state index contributed by atoms with van der Waals surface area (Å²) in [5.41, 5.74) is 0.969. The maximum absolute atomic E-state index is 5.90. The Labute approximate surface area is 109 Å². The highest BCUT2D eigenvalue weighted by molar-refractivity contribution is 6.70. The monoisotopic (exact) mass is 267 g/mol. The number of hydrogen-bond donors (Lipinski definition) is 0. The third-order valence-electron chi connectivity index (χ3n) is 1.85. The first-order valence-corrected chi connectivity index (χ1v) is 9.34. The summed E-state index contributed by atoms with van der Waals surface area (Å²) in [5.74, 6) is 0.671. The van der Waals surface area contributed by atoms with Crippen LogP contribution in [-0.2, 0) is 4.43 Å². The van der Waals surface area contributed by atoms with Gasteiger partial charge < -0.3 is 4.43 Å². The maximum atomic E-state index is 5.90. The molecule has 0 spiro atoms. The van der Waals surface area contributed by atoms with E-state index < -0.39 is 8.32 Å². The molecule has 0 aliphatic rings. The number of rotatable bonds is 4. The van der Waals surface area contributed by atoms with Crippen LogP contribution in [0.3, 0.4) is 0 Å². The molecule has 0 aromatic heterocycles. The minimum absolute atomic E-state index is 0.671. The zero-order valence-corrected chi connectivity index (χ0v) is 12.5. The van der Waals surface area contributed by atoms with E-state index in [1.54, 1.807) is 6.21 Å². The van der Waals surface area contributed by atoms with Crippen LogP contribution in [0.15, 0.2) is 41.2 Å². The molecule has 0 radical (unpaired) electrons. The molecule has 4 heteroatoms. The van der Waals surface area contributed by atoms with Crippen LogP contribution in [0.4, 0.5) is 0 Å². The molecule has 0 aliphatic carbocycles. The molecule has 0 aliphatic heterocycles. The third-order valence-corrected chi connectivity index (χ3v) is 2.90. The highest BCUT2D eigenvalue weighted by Crippen LogP contribution is 2.13. The van der Waals surface area contributed by atoms with Gasteiger partial charge in [0.15, 0.2) is 5.88 Å². The van der Waals surface area contributed by atoms with E-state index in [4.69, 9.17) is 16.0 Å². The van der Waals surface area contributed by atoms with Gasteiger partial charge in [0.25, 0.3) is 0 Å². The molecular weight excluding hydrogens is 250 g/mol. The summed E-state index contributed by atoms with van der Waals surface area (Å²) in [7, 11) is -1.60. The van der Waals surface area contributed by atoms with Crippen LogP contribution in [0.5, 0.6) is 0 Å². The van der Waals surface area contributed by atoms with E-state index in [9.17, 15) is 0 Å². The second-order valence-electron chi connectivity index (χ2n) is 4.65. The summed E-state index contributed by atoms with van der Waals surface area (Å²) in [5, 5.41) is 0.710. The molecule has 0 unspecified atom stereocenters. The van der Waals surface area contributed by atoms with Gasteiger partial charge in [0, 0.05) is 11.2 Å². The van der Waals surface area contributed by atoms with Crippen molar-refractivity contribution in [2.45, 2.75) is 26.6 Å². The van der Waals surface area contributed by atoms with Crippen molar-refractivity contribution < 1.29 is 4.43 Å².